The van der Waals surface area contributed by atoms with E-state index in [1.165, 1.54) is 16.5 Å². The molecule has 1 aromatic heterocycles. The number of fused-ring (bicyclic) bond motifs is 1. The number of rotatable bonds is 3. The molecule has 0 saturated carbocycles. The van der Waals surface area contributed by atoms with Gasteiger partial charge in [-0.3, -0.25) is 0 Å². The molecule has 1 aromatic carbocycles. The van der Waals surface area contributed by atoms with Crippen molar-refractivity contribution in [3.05, 3.63) is 36.0 Å². The Morgan fingerprint density at radius 1 is 1.29 bits per heavy atom. The summed E-state index contributed by atoms with van der Waals surface area (Å²) >= 11 is 0. The first-order valence-electron chi connectivity index (χ1n) is 5.07. The smallest absolute Gasteiger partial charge is 0.0482 e. The van der Waals surface area contributed by atoms with Crippen LogP contribution in [-0.4, -0.2) is 11.1 Å². The van der Waals surface area contributed by atoms with Gasteiger partial charge in [0.25, 0.3) is 0 Å². The van der Waals surface area contributed by atoms with Gasteiger partial charge in [0.05, 0.1) is 0 Å². The standard InChI is InChI=1S/C12H16N2/c1-10-3-4-11-5-8-14(7-2-6-13)12(11)9-10/h3-5,8-9H,2,6-7,13H2,1H3. The van der Waals surface area contributed by atoms with Crippen molar-refractivity contribution < 1.29 is 0 Å². The number of hydrogen-bond donors (Lipinski definition) is 1. The first-order chi connectivity index (χ1) is 6.81. The van der Waals surface area contributed by atoms with E-state index in [9.17, 15) is 0 Å². The fraction of sp³-hybridized carbons (Fsp3) is 0.333. The molecule has 0 radical (unpaired) electrons. The zero-order valence-electron chi connectivity index (χ0n) is 8.53. The van der Waals surface area contributed by atoms with E-state index >= 15 is 0 Å². The van der Waals surface area contributed by atoms with Crippen LogP contribution in [-0.2, 0) is 6.54 Å². The highest BCUT2D eigenvalue weighted by Gasteiger charge is 1.99. The van der Waals surface area contributed by atoms with Gasteiger partial charge in [-0.2, -0.15) is 0 Å². The molecular formula is C12H16N2. The molecule has 2 aromatic rings. The lowest BCUT2D eigenvalue weighted by molar-refractivity contribution is 0.671. The van der Waals surface area contributed by atoms with Gasteiger partial charge in [-0.25, -0.2) is 0 Å². The summed E-state index contributed by atoms with van der Waals surface area (Å²) in [7, 11) is 0. The van der Waals surface area contributed by atoms with E-state index in [2.05, 4.69) is 42.0 Å². The third-order valence-electron chi connectivity index (χ3n) is 2.53. The second-order valence-electron chi connectivity index (χ2n) is 3.71. The number of nitrogens with zero attached hydrogens (tertiary/aromatic N) is 1. The highest BCUT2D eigenvalue weighted by atomic mass is 14.9. The van der Waals surface area contributed by atoms with Gasteiger partial charge in [0.15, 0.2) is 0 Å². The predicted octanol–water partition coefficient (Wildman–Crippen LogP) is 2.30. The minimum absolute atomic E-state index is 0.755. The summed E-state index contributed by atoms with van der Waals surface area (Å²) in [4.78, 5) is 0. The van der Waals surface area contributed by atoms with Crippen LogP contribution in [0.5, 0.6) is 0 Å². The molecular weight excluding hydrogens is 172 g/mol. The van der Waals surface area contributed by atoms with E-state index in [0.717, 1.165) is 19.5 Å². The van der Waals surface area contributed by atoms with Crippen molar-refractivity contribution >= 4 is 10.9 Å². The Kier molecular flexibility index (Phi) is 2.55. The summed E-state index contributed by atoms with van der Waals surface area (Å²) in [5, 5.41) is 1.31. The number of aryl methyl sites for hydroxylation is 2. The Balaban J connectivity index is 2.40. The zero-order chi connectivity index (χ0) is 9.97. The molecule has 0 aliphatic rings. The lowest BCUT2D eigenvalue weighted by Gasteiger charge is -2.04. The van der Waals surface area contributed by atoms with Crippen LogP contribution in [0.15, 0.2) is 30.5 Å². The third-order valence-corrected chi connectivity index (χ3v) is 2.53. The lowest BCUT2D eigenvalue weighted by Crippen LogP contribution is -2.04. The van der Waals surface area contributed by atoms with Crippen LogP contribution < -0.4 is 5.73 Å². The van der Waals surface area contributed by atoms with E-state index in [1.807, 2.05) is 0 Å². The summed E-state index contributed by atoms with van der Waals surface area (Å²) in [6, 6.07) is 8.70. The molecule has 14 heavy (non-hydrogen) atoms. The first kappa shape index (κ1) is 9.28. The van der Waals surface area contributed by atoms with Crippen molar-refractivity contribution in [1.82, 2.24) is 4.57 Å². The van der Waals surface area contributed by atoms with E-state index < -0.39 is 0 Å². The van der Waals surface area contributed by atoms with Crippen molar-refractivity contribution in [2.45, 2.75) is 19.9 Å². The Morgan fingerprint density at radius 2 is 2.14 bits per heavy atom. The van der Waals surface area contributed by atoms with Crippen LogP contribution in [0.25, 0.3) is 10.9 Å². The number of benzene rings is 1. The number of aromatic nitrogens is 1. The summed E-state index contributed by atoms with van der Waals surface area (Å²) < 4.78 is 2.27. The maximum Gasteiger partial charge on any atom is 0.0482 e. The van der Waals surface area contributed by atoms with Crippen LogP contribution >= 0.6 is 0 Å². The fourth-order valence-electron chi connectivity index (χ4n) is 1.75. The normalized spacial score (nSPS) is 11.0. The van der Waals surface area contributed by atoms with Gasteiger partial charge in [0, 0.05) is 18.3 Å². The van der Waals surface area contributed by atoms with Gasteiger partial charge >= 0.3 is 0 Å². The molecule has 0 unspecified atom stereocenters. The molecule has 0 bridgehead atoms. The molecule has 0 saturated heterocycles. The fourth-order valence-corrected chi connectivity index (χ4v) is 1.75. The Morgan fingerprint density at radius 3 is 2.93 bits per heavy atom. The molecule has 2 N–H and O–H groups in total. The van der Waals surface area contributed by atoms with Crippen molar-refractivity contribution in [3.63, 3.8) is 0 Å². The van der Waals surface area contributed by atoms with Gasteiger partial charge in [-0.15, -0.1) is 0 Å². The summed E-state index contributed by atoms with van der Waals surface area (Å²) in [6.07, 6.45) is 3.18. The molecule has 2 heteroatoms. The minimum Gasteiger partial charge on any atom is -0.347 e. The average molecular weight is 188 g/mol. The van der Waals surface area contributed by atoms with Gasteiger partial charge in [-0.1, -0.05) is 12.1 Å². The predicted molar refractivity (Wildman–Crippen MR) is 60.3 cm³/mol. The van der Waals surface area contributed by atoms with Crippen LogP contribution in [0.2, 0.25) is 0 Å². The zero-order valence-corrected chi connectivity index (χ0v) is 8.53. The van der Waals surface area contributed by atoms with Crippen LogP contribution in [0.3, 0.4) is 0 Å². The van der Waals surface area contributed by atoms with E-state index in [4.69, 9.17) is 5.73 Å². The van der Waals surface area contributed by atoms with Crippen molar-refractivity contribution in [1.29, 1.82) is 0 Å². The Hall–Kier alpha value is -1.28. The van der Waals surface area contributed by atoms with Crippen molar-refractivity contribution in [2.24, 2.45) is 5.73 Å². The Bertz CT molecular complexity index is 429. The summed E-state index contributed by atoms with van der Waals surface area (Å²) in [6.45, 7) is 3.90. The van der Waals surface area contributed by atoms with Crippen molar-refractivity contribution in [3.8, 4) is 0 Å². The monoisotopic (exact) mass is 188 g/mol. The van der Waals surface area contributed by atoms with Gasteiger partial charge in [0.1, 0.15) is 0 Å². The summed E-state index contributed by atoms with van der Waals surface area (Å²) in [5.74, 6) is 0. The second kappa shape index (κ2) is 3.84. The number of nitrogens with two attached hydrogens (primary N) is 1. The van der Waals surface area contributed by atoms with Crippen LogP contribution in [0.1, 0.15) is 12.0 Å². The molecule has 2 nitrogen and oxygen atoms in total. The minimum atomic E-state index is 0.755. The molecule has 0 aliphatic heterocycles. The molecule has 0 amide bonds. The van der Waals surface area contributed by atoms with E-state index in [-0.39, 0.29) is 0 Å². The average Bonchev–Trinajstić information content (AvgIpc) is 2.57. The Labute approximate surface area is 84.3 Å². The first-order valence-corrected chi connectivity index (χ1v) is 5.07. The van der Waals surface area contributed by atoms with E-state index in [0.29, 0.717) is 0 Å². The SMILES string of the molecule is Cc1ccc2ccn(CCCN)c2c1. The molecule has 0 fully saturated rings. The molecule has 0 aliphatic carbocycles. The second-order valence-corrected chi connectivity index (χ2v) is 3.71. The van der Waals surface area contributed by atoms with Crippen LogP contribution in [0.4, 0.5) is 0 Å². The summed E-state index contributed by atoms with van der Waals surface area (Å²) in [5.41, 5.74) is 8.13. The highest BCUT2D eigenvalue weighted by Crippen LogP contribution is 2.17. The lowest BCUT2D eigenvalue weighted by atomic mass is 10.2. The van der Waals surface area contributed by atoms with Crippen LogP contribution in [0, 0.1) is 6.92 Å². The molecule has 74 valence electrons. The topological polar surface area (TPSA) is 30.9 Å². The van der Waals surface area contributed by atoms with Gasteiger partial charge < -0.3 is 10.3 Å². The highest BCUT2D eigenvalue weighted by molar-refractivity contribution is 5.80. The molecule has 2 rings (SSSR count). The molecule has 0 atom stereocenters. The largest absolute Gasteiger partial charge is 0.347 e. The maximum atomic E-state index is 5.51. The van der Waals surface area contributed by atoms with Crippen molar-refractivity contribution in [2.75, 3.05) is 6.54 Å². The molecule has 1 heterocycles. The number of hydrogen-bond acceptors (Lipinski definition) is 1. The quantitative estimate of drug-likeness (QED) is 0.787. The van der Waals surface area contributed by atoms with Gasteiger partial charge in [0.2, 0.25) is 0 Å². The molecule has 0 spiro atoms. The third kappa shape index (κ3) is 1.66. The maximum absolute atomic E-state index is 5.51. The van der Waals surface area contributed by atoms with E-state index in [1.54, 1.807) is 0 Å². The van der Waals surface area contributed by atoms with Gasteiger partial charge in [-0.05, 0) is 43.0 Å².